The summed E-state index contributed by atoms with van der Waals surface area (Å²) >= 11 is 0. The molecule has 0 saturated carbocycles. The normalized spacial score (nSPS) is 20.6. The summed E-state index contributed by atoms with van der Waals surface area (Å²) in [4.78, 5) is 12.0. The highest BCUT2D eigenvalue weighted by molar-refractivity contribution is 5.85. The largest absolute Gasteiger partial charge is 0.444 e. The quantitative estimate of drug-likeness (QED) is 0.864. The van der Waals surface area contributed by atoms with Gasteiger partial charge in [-0.2, -0.15) is 0 Å². The lowest BCUT2D eigenvalue weighted by molar-refractivity contribution is 0.0491. The molecule has 1 amide bonds. The van der Waals surface area contributed by atoms with E-state index in [0.717, 1.165) is 0 Å². The van der Waals surface area contributed by atoms with Crippen LogP contribution in [0.5, 0.6) is 0 Å². The first kappa shape index (κ1) is 15.8. The van der Waals surface area contributed by atoms with Gasteiger partial charge in [0.1, 0.15) is 5.60 Å². The number of nitrogens with zero attached hydrogens (tertiary/aromatic N) is 1. The molecule has 1 aromatic carbocycles. The minimum atomic E-state index is -0.866. The molecule has 4 nitrogen and oxygen atoms in total. The molecule has 1 aliphatic heterocycles. The maximum absolute atomic E-state index is 13.9. The van der Waals surface area contributed by atoms with Crippen LogP contribution in [0.3, 0.4) is 0 Å². The van der Waals surface area contributed by atoms with Gasteiger partial charge >= 0.3 is 6.09 Å². The highest BCUT2D eigenvalue weighted by Crippen LogP contribution is 2.36. The van der Waals surface area contributed by atoms with Crippen molar-refractivity contribution < 1.29 is 18.3 Å². The zero-order valence-electron chi connectivity index (χ0n) is 13.6. The van der Waals surface area contributed by atoms with E-state index in [1.54, 1.807) is 33.0 Å². The van der Waals surface area contributed by atoms with Crippen molar-refractivity contribution in [3.63, 3.8) is 0 Å². The summed E-state index contributed by atoms with van der Waals surface area (Å²) < 4.78 is 34.8. The van der Waals surface area contributed by atoms with Gasteiger partial charge in [-0.15, -0.1) is 0 Å². The number of halogens is 2. The van der Waals surface area contributed by atoms with Crippen LogP contribution >= 0.6 is 0 Å². The maximum Gasteiger partial charge on any atom is 0.407 e. The van der Waals surface area contributed by atoms with Gasteiger partial charge < -0.3 is 14.6 Å². The van der Waals surface area contributed by atoms with Crippen molar-refractivity contribution in [3.8, 4) is 0 Å². The average molecular weight is 322 g/mol. The molecule has 23 heavy (non-hydrogen) atoms. The lowest BCUT2D eigenvalue weighted by Crippen LogP contribution is -2.45. The fourth-order valence-electron chi connectivity index (χ4n) is 3.08. The topological polar surface area (TPSA) is 43.3 Å². The van der Waals surface area contributed by atoms with Crippen LogP contribution in [0, 0.1) is 11.6 Å². The molecule has 124 valence electrons. The third-order valence-electron chi connectivity index (χ3n) is 4.15. The molecular weight excluding hydrogens is 302 g/mol. The van der Waals surface area contributed by atoms with Gasteiger partial charge in [-0.25, -0.2) is 13.6 Å². The molecule has 6 heteroatoms. The van der Waals surface area contributed by atoms with Crippen LogP contribution in [0.4, 0.5) is 13.6 Å². The second-order valence-corrected chi connectivity index (χ2v) is 7.03. The number of amides is 1. The molecule has 0 unspecified atom stereocenters. The van der Waals surface area contributed by atoms with Crippen molar-refractivity contribution in [1.82, 2.24) is 9.88 Å². The average Bonchev–Trinajstić information content (AvgIpc) is 2.83. The summed E-state index contributed by atoms with van der Waals surface area (Å²) in [6, 6.07) is 2.54. The van der Waals surface area contributed by atoms with Crippen LogP contribution in [0.2, 0.25) is 0 Å². The second-order valence-electron chi connectivity index (χ2n) is 7.03. The molecule has 0 fully saturated rings. The van der Waals surface area contributed by atoms with Crippen molar-refractivity contribution in [2.45, 2.75) is 51.8 Å². The number of ether oxygens (including phenoxy) is 1. The molecule has 1 N–H and O–H groups in total. The Morgan fingerprint density at radius 1 is 1.39 bits per heavy atom. The zero-order chi connectivity index (χ0) is 16.9. The number of nitrogens with one attached hydrogen (secondary N) is 1. The van der Waals surface area contributed by atoms with E-state index in [2.05, 4.69) is 5.32 Å². The van der Waals surface area contributed by atoms with Gasteiger partial charge in [0, 0.05) is 24.0 Å². The summed E-state index contributed by atoms with van der Waals surface area (Å²) in [6.07, 6.45) is 1.20. The number of hydrogen-bond acceptors (Lipinski definition) is 2. The molecule has 2 heterocycles. The van der Waals surface area contributed by atoms with Crippen LogP contribution in [-0.2, 0) is 11.3 Å². The van der Waals surface area contributed by atoms with Gasteiger partial charge in [-0.1, -0.05) is 6.92 Å². The maximum atomic E-state index is 13.9. The fourth-order valence-corrected chi connectivity index (χ4v) is 3.08. The van der Waals surface area contributed by atoms with E-state index in [1.165, 1.54) is 6.07 Å². The molecule has 0 aliphatic carbocycles. The Balaban J connectivity index is 1.91. The summed E-state index contributed by atoms with van der Waals surface area (Å²) in [5.41, 5.74) is 0.797. The lowest BCUT2D eigenvalue weighted by Gasteiger charge is -2.32. The number of carbonyl (C=O) groups is 1. The van der Waals surface area contributed by atoms with Crippen LogP contribution < -0.4 is 5.32 Å². The summed E-state index contributed by atoms with van der Waals surface area (Å²) in [7, 11) is 0. The van der Waals surface area contributed by atoms with Gasteiger partial charge in [-0.05, 0) is 38.5 Å². The van der Waals surface area contributed by atoms with Gasteiger partial charge in [0.2, 0.25) is 0 Å². The first-order chi connectivity index (χ1) is 10.7. The third-order valence-corrected chi connectivity index (χ3v) is 4.15. The highest BCUT2D eigenvalue weighted by Gasteiger charge is 2.32. The van der Waals surface area contributed by atoms with Gasteiger partial charge in [-0.3, -0.25) is 0 Å². The van der Waals surface area contributed by atoms with E-state index in [4.69, 9.17) is 4.74 Å². The molecule has 2 atom stereocenters. The van der Waals surface area contributed by atoms with Gasteiger partial charge in [0.05, 0.1) is 11.6 Å². The summed E-state index contributed by atoms with van der Waals surface area (Å²) in [5, 5.41) is 3.11. The molecular formula is C17H20F2N2O2. The number of carbonyl (C=O) groups excluding carboxylic acids is 1. The molecule has 0 bridgehead atoms. The molecule has 0 spiro atoms. The second kappa shape index (κ2) is 5.22. The van der Waals surface area contributed by atoms with Crippen molar-refractivity contribution in [3.05, 3.63) is 35.5 Å². The number of aromatic nitrogens is 1. The van der Waals surface area contributed by atoms with Crippen molar-refractivity contribution in [1.29, 1.82) is 0 Å². The zero-order valence-corrected chi connectivity index (χ0v) is 13.6. The first-order valence-electron chi connectivity index (χ1n) is 7.63. The van der Waals surface area contributed by atoms with Gasteiger partial charge in [0.25, 0.3) is 0 Å². The molecule has 1 aliphatic rings. The minimum absolute atomic E-state index is 0.150. The lowest BCUT2D eigenvalue weighted by atomic mass is 9.89. The van der Waals surface area contributed by atoms with Crippen LogP contribution in [0.25, 0.3) is 10.9 Å². The molecule has 3 rings (SSSR count). The summed E-state index contributed by atoms with van der Waals surface area (Å²) in [6.45, 7) is 7.76. The fraction of sp³-hybridized carbons (Fsp3) is 0.471. The number of rotatable bonds is 1. The standard InChI is InChI=1S/C17H20F2N2O2/c1-9-11-7-12(18)14(19)10-5-6-21(15(10)11)8-13(9)20-16(22)23-17(2,3)4/h5-7,9,13H,8H2,1-4H3,(H,20,22)/t9-,13-/m1/s1. The monoisotopic (exact) mass is 322 g/mol. The van der Waals surface area contributed by atoms with E-state index in [9.17, 15) is 13.6 Å². The Labute approximate surface area is 133 Å². The Hall–Kier alpha value is -2.11. The Bertz CT molecular complexity index is 777. The van der Waals surface area contributed by atoms with E-state index in [0.29, 0.717) is 17.6 Å². The van der Waals surface area contributed by atoms with Crippen molar-refractivity contribution >= 4 is 17.0 Å². The van der Waals surface area contributed by atoms with Crippen molar-refractivity contribution in [2.24, 2.45) is 0 Å². The van der Waals surface area contributed by atoms with E-state index < -0.39 is 23.3 Å². The van der Waals surface area contributed by atoms with Crippen LogP contribution in [-0.4, -0.2) is 22.3 Å². The summed E-state index contributed by atoms with van der Waals surface area (Å²) in [5.74, 6) is -1.84. The predicted molar refractivity (Wildman–Crippen MR) is 83.4 cm³/mol. The third kappa shape index (κ3) is 2.78. The molecule has 1 aromatic heterocycles. The Morgan fingerprint density at radius 3 is 2.74 bits per heavy atom. The minimum Gasteiger partial charge on any atom is -0.444 e. The number of benzene rings is 1. The van der Waals surface area contributed by atoms with Gasteiger partial charge in [0.15, 0.2) is 11.6 Å². The molecule has 0 saturated heterocycles. The highest BCUT2D eigenvalue weighted by atomic mass is 19.2. The smallest absolute Gasteiger partial charge is 0.407 e. The van der Waals surface area contributed by atoms with Crippen molar-refractivity contribution in [2.75, 3.05) is 0 Å². The molecule has 2 aromatic rings. The molecule has 0 radical (unpaired) electrons. The van der Waals surface area contributed by atoms with E-state index in [1.807, 2.05) is 11.5 Å². The Kier molecular flexibility index (Phi) is 3.58. The van der Waals surface area contributed by atoms with Crippen LogP contribution in [0.15, 0.2) is 18.3 Å². The van der Waals surface area contributed by atoms with E-state index >= 15 is 0 Å². The predicted octanol–water partition coefficient (Wildman–Crippen LogP) is 3.93. The number of alkyl carbamates (subject to hydrolysis) is 1. The number of hydrogen-bond donors (Lipinski definition) is 1. The first-order valence-corrected chi connectivity index (χ1v) is 7.63. The SMILES string of the molecule is C[C@@H]1c2cc(F)c(F)c3ccn(c23)C[C@H]1NC(=O)OC(C)(C)C. The Morgan fingerprint density at radius 2 is 2.09 bits per heavy atom. The van der Waals surface area contributed by atoms with Crippen LogP contribution in [0.1, 0.15) is 39.2 Å². The van der Waals surface area contributed by atoms with E-state index in [-0.39, 0.29) is 17.3 Å².